The second-order valence-corrected chi connectivity index (χ2v) is 6.65. The van der Waals surface area contributed by atoms with E-state index in [1.807, 2.05) is 30.5 Å². The first-order chi connectivity index (χ1) is 13.5. The number of fused-ring (bicyclic) bond motifs is 1. The molecule has 1 aromatic carbocycles. The van der Waals surface area contributed by atoms with Crippen molar-refractivity contribution < 1.29 is 19.4 Å². The number of benzene rings is 1. The number of aliphatic carboxylic acids is 1. The Hall–Kier alpha value is -2.86. The lowest BCUT2D eigenvalue weighted by atomic mass is 10.1. The van der Waals surface area contributed by atoms with Gasteiger partial charge in [0.25, 0.3) is 0 Å². The van der Waals surface area contributed by atoms with Gasteiger partial charge in [-0.3, -0.25) is 14.5 Å². The number of nitrogens with one attached hydrogen (secondary N) is 1. The summed E-state index contributed by atoms with van der Waals surface area (Å²) in [6, 6.07) is 5.65. The van der Waals surface area contributed by atoms with Gasteiger partial charge in [-0.1, -0.05) is 24.3 Å². The predicted molar refractivity (Wildman–Crippen MR) is 111 cm³/mol. The van der Waals surface area contributed by atoms with Gasteiger partial charge in [0, 0.05) is 44.1 Å². The molecule has 6 heteroatoms. The molecule has 0 radical (unpaired) electrons. The minimum absolute atomic E-state index is 0.0670. The van der Waals surface area contributed by atoms with E-state index in [0.29, 0.717) is 18.6 Å². The van der Waals surface area contributed by atoms with Crippen molar-refractivity contribution in [3.05, 3.63) is 55.3 Å². The Morgan fingerprint density at radius 3 is 2.54 bits per heavy atom. The van der Waals surface area contributed by atoms with Crippen LogP contribution in [0, 0.1) is 0 Å². The van der Waals surface area contributed by atoms with Gasteiger partial charge in [0.2, 0.25) is 0 Å². The van der Waals surface area contributed by atoms with Crippen LogP contribution in [0.5, 0.6) is 5.75 Å². The zero-order valence-corrected chi connectivity index (χ0v) is 16.2. The molecule has 2 rings (SSSR count). The van der Waals surface area contributed by atoms with Crippen LogP contribution in [0.25, 0.3) is 10.9 Å². The van der Waals surface area contributed by atoms with Gasteiger partial charge in [-0.15, -0.1) is 13.2 Å². The fourth-order valence-electron chi connectivity index (χ4n) is 3.10. The highest BCUT2D eigenvalue weighted by molar-refractivity contribution is 5.90. The molecule has 1 heterocycles. The van der Waals surface area contributed by atoms with E-state index in [-0.39, 0.29) is 18.8 Å². The molecule has 0 saturated carbocycles. The highest BCUT2D eigenvalue weighted by atomic mass is 16.5. The molecule has 6 nitrogen and oxygen atoms in total. The molecule has 0 aliphatic rings. The Morgan fingerprint density at radius 2 is 1.86 bits per heavy atom. The van der Waals surface area contributed by atoms with Crippen LogP contribution >= 0.6 is 0 Å². The Kier molecular flexibility index (Phi) is 8.49. The number of carboxylic acid groups (broad SMARTS) is 1. The first-order valence-corrected chi connectivity index (χ1v) is 9.50. The highest BCUT2D eigenvalue weighted by Gasteiger charge is 2.13. The maximum absolute atomic E-state index is 12.1. The minimum atomic E-state index is -0.850. The van der Waals surface area contributed by atoms with Crippen molar-refractivity contribution in [3.63, 3.8) is 0 Å². The third-order valence-corrected chi connectivity index (χ3v) is 4.48. The van der Waals surface area contributed by atoms with Crippen LogP contribution in [0.4, 0.5) is 0 Å². The molecule has 28 heavy (non-hydrogen) atoms. The third kappa shape index (κ3) is 6.39. The number of carboxylic acids is 1. The molecule has 0 unspecified atom stereocenters. The van der Waals surface area contributed by atoms with Crippen molar-refractivity contribution in [1.82, 2.24) is 9.88 Å². The van der Waals surface area contributed by atoms with E-state index in [9.17, 15) is 9.59 Å². The Labute approximate surface area is 165 Å². The average molecular weight is 384 g/mol. The number of nitrogens with zero attached hydrogens (tertiary/aromatic N) is 1. The van der Waals surface area contributed by atoms with E-state index in [1.165, 1.54) is 0 Å². The Balaban J connectivity index is 1.99. The number of carbonyl (C=O) groups is 2. The van der Waals surface area contributed by atoms with Crippen LogP contribution < -0.4 is 4.74 Å². The molecule has 2 N–H and O–H groups in total. The van der Waals surface area contributed by atoms with Crippen molar-refractivity contribution in [3.8, 4) is 5.75 Å². The van der Waals surface area contributed by atoms with Crippen molar-refractivity contribution in [2.75, 3.05) is 19.6 Å². The summed E-state index contributed by atoms with van der Waals surface area (Å²) in [6.07, 6.45) is 7.81. The van der Waals surface area contributed by atoms with Gasteiger partial charge in [0.1, 0.15) is 0 Å². The largest absolute Gasteiger partial charge is 0.481 e. The topological polar surface area (TPSA) is 82.6 Å². The van der Waals surface area contributed by atoms with Crippen molar-refractivity contribution in [2.45, 2.75) is 32.1 Å². The molecule has 0 fully saturated rings. The number of ether oxygens (including phenoxy) is 1. The number of hydrogen-bond donors (Lipinski definition) is 2. The van der Waals surface area contributed by atoms with E-state index in [4.69, 9.17) is 9.84 Å². The molecule has 1 aromatic heterocycles. The van der Waals surface area contributed by atoms with Crippen molar-refractivity contribution in [1.29, 1.82) is 0 Å². The average Bonchev–Trinajstić information content (AvgIpc) is 3.08. The molecule has 0 aliphatic carbocycles. The summed E-state index contributed by atoms with van der Waals surface area (Å²) in [7, 11) is 0. The summed E-state index contributed by atoms with van der Waals surface area (Å²) in [4.78, 5) is 28.0. The lowest BCUT2D eigenvalue weighted by Crippen LogP contribution is -2.26. The second-order valence-electron chi connectivity index (χ2n) is 6.65. The van der Waals surface area contributed by atoms with Gasteiger partial charge in [-0.05, 0) is 30.9 Å². The quantitative estimate of drug-likeness (QED) is 0.237. The molecule has 0 atom stereocenters. The lowest BCUT2D eigenvalue weighted by molar-refractivity contribution is -0.138. The van der Waals surface area contributed by atoms with E-state index in [2.05, 4.69) is 23.0 Å². The number of unbranched alkanes of at least 4 members (excludes halogenated alkanes) is 1. The lowest BCUT2D eigenvalue weighted by Gasteiger charge is -2.18. The fraction of sp³-hybridized carbons (Fsp3) is 0.364. The van der Waals surface area contributed by atoms with Crippen molar-refractivity contribution >= 4 is 22.8 Å². The number of carbonyl (C=O) groups excluding carboxylic acids is 1. The summed E-state index contributed by atoms with van der Waals surface area (Å²) in [5.41, 5.74) is 1.96. The van der Waals surface area contributed by atoms with Crippen LogP contribution in [0.2, 0.25) is 0 Å². The normalized spacial score (nSPS) is 10.9. The van der Waals surface area contributed by atoms with Crippen LogP contribution in [0.1, 0.15) is 31.2 Å². The molecule has 0 saturated heterocycles. The van der Waals surface area contributed by atoms with Gasteiger partial charge < -0.3 is 14.8 Å². The van der Waals surface area contributed by atoms with Crippen LogP contribution in [-0.2, 0) is 16.0 Å². The number of esters is 1. The molecule has 0 amide bonds. The molecule has 2 aromatic rings. The predicted octanol–water partition coefficient (Wildman–Crippen LogP) is 3.93. The second kappa shape index (κ2) is 11.1. The molecular weight excluding hydrogens is 356 g/mol. The van der Waals surface area contributed by atoms with Gasteiger partial charge in [-0.25, -0.2) is 0 Å². The number of rotatable bonds is 13. The maximum atomic E-state index is 12.1. The summed E-state index contributed by atoms with van der Waals surface area (Å²) >= 11 is 0. The third-order valence-electron chi connectivity index (χ3n) is 4.48. The minimum Gasteiger partial charge on any atom is -0.481 e. The van der Waals surface area contributed by atoms with Crippen LogP contribution in [-0.4, -0.2) is 46.6 Å². The summed E-state index contributed by atoms with van der Waals surface area (Å²) in [5, 5.41) is 9.67. The van der Waals surface area contributed by atoms with Crippen LogP contribution in [0.15, 0.2) is 49.7 Å². The fourth-order valence-corrected chi connectivity index (χ4v) is 3.10. The van der Waals surface area contributed by atoms with Gasteiger partial charge >= 0.3 is 11.9 Å². The zero-order chi connectivity index (χ0) is 20.4. The molecular formula is C22H28N2O4. The monoisotopic (exact) mass is 384 g/mol. The zero-order valence-electron chi connectivity index (χ0n) is 16.2. The summed E-state index contributed by atoms with van der Waals surface area (Å²) < 4.78 is 5.50. The summed E-state index contributed by atoms with van der Waals surface area (Å²) in [6.45, 7) is 10.1. The Morgan fingerprint density at radius 1 is 1.14 bits per heavy atom. The van der Waals surface area contributed by atoms with E-state index in [1.54, 1.807) is 6.07 Å². The standard InChI is InChI=1S/C22H28N2O4/c1-3-13-24(14-4-2)15-12-17-16-23-22-18(17)8-7-9-19(22)28-21(27)11-6-5-10-20(25)26/h3-4,7-9,16,23H,1-2,5-6,10-15H2,(H,25,26). The highest BCUT2D eigenvalue weighted by Crippen LogP contribution is 2.28. The molecule has 150 valence electrons. The SMILES string of the molecule is C=CCN(CC=C)CCc1c[nH]c2c(OC(=O)CCCCC(=O)O)cccc12. The number of aromatic amines is 1. The van der Waals surface area contributed by atoms with Gasteiger partial charge in [0.15, 0.2) is 5.75 Å². The van der Waals surface area contributed by atoms with Crippen LogP contribution in [0.3, 0.4) is 0 Å². The van der Waals surface area contributed by atoms with Gasteiger partial charge in [-0.2, -0.15) is 0 Å². The molecule has 0 spiro atoms. The number of para-hydroxylation sites is 1. The smallest absolute Gasteiger partial charge is 0.311 e. The van der Waals surface area contributed by atoms with E-state index in [0.717, 1.165) is 42.5 Å². The molecule has 0 bridgehead atoms. The first kappa shape index (κ1) is 21.4. The van der Waals surface area contributed by atoms with Crippen molar-refractivity contribution in [2.24, 2.45) is 0 Å². The van der Waals surface area contributed by atoms with E-state index < -0.39 is 5.97 Å². The molecule has 0 aliphatic heterocycles. The van der Waals surface area contributed by atoms with E-state index >= 15 is 0 Å². The summed E-state index contributed by atoms with van der Waals surface area (Å²) in [5.74, 6) is -0.699. The number of hydrogen-bond acceptors (Lipinski definition) is 4. The number of H-pyrrole nitrogens is 1. The Bertz CT molecular complexity index is 815. The maximum Gasteiger partial charge on any atom is 0.311 e. The van der Waals surface area contributed by atoms with Gasteiger partial charge in [0.05, 0.1) is 5.52 Å². The number of aromatic nitrogens is 1. The first-order valence-electron chi connectivity index (χ1n) is 9.50.